The van der Waals surface area contributed by atoms with Gasteiger partial charge in [-0.05, 0) is 29.8 Å². The average molecular weight is 484 g/mol. The summed E-state index contributed by atoms with van der Waals surface area (Å²) in [4.78, 5) is 22.2. The lowest BCUT2D eigenvalue weighted by molar-refractivity contribution is 0.480. The minimum absolute atomic E-state index is 0.0404. The Hall–Kier alpha value is -4.67. The summed E-state index contributed by atoms with van der Waals surface area (Å²) in [5.74, 6) is 1.25. The predicted molar refractivity (Wildman–Crippen MR) is 132 cm³/mol. The summed E-state index contributed by atoms with van der Waals surface area (Å²) in [6.07, 6.45) is 8.48. The van der Waals surface area contributed by atoms with E-state index in [0.717, 1.165) is 48.8 Å². The van der Waals surface area contributed by atoms with E-state index in [-0.39, 0.29) is 11.6 Å². The van der Waals surface area contributed by atoms with Crippen LogP contribution in [0, 0.1) is 5.82 Å². The first-order valence-corrected chi connectivity index (χ1v) is 11.5. The van der Waals surface area contributed by atoms with Gasteiger partial charge < -0.3 is 14.9 Å². The highest BCUT2D eigenvalue weighted by molar-refractivity contribution is 5.97. The van der Waals surface area contributed by atoms with Crippen LogP contribution in [0.25, 0.3) is 22.3 Å². The average Bonchev–Trinajstić information content (AvgIpc) is 3.39. The number of benzene rings is 1. The molecule has 0 aliphatic carbocycles. The number of rotatable bonds is 5. The first-order valence-electron chi connectivity index (χ1n) is 11.5. The zero-order valence-electron chi connectivity index (χ0n) is 19.2. The number of halogens is 1. The molecule has 36 heavy (non-hydrogen) atoms. The third kappa shape index (κ3) is 4.15. The molecule has 0 radical (unpaired) electrons. The number of hydrogen-bond donors (Lipinski definition) is 1. The minimum Gasteiger partial charge on any atom is -0.504 e. The Kier molecular flexibility index (Phi) is 5.56. The Morgan fingerprint density at radius 1 is 0.917 bits per heavy atom. The molecule has 1 aliphatic rings. The number of aromatic hydroxyl groups is 1. The molecule has 1 aliphatic heterocycles. The third-order valence-corrected chi connectivity index (χ3v) is 6.21. The lowest BCUT2D eigenvalue weighted by atomic mass is 10.1. The van der Waals surface area contributed by atoms with E-state index in [1.807, 2.05) is 12.1 Å². The molecule has 11 heteroatoms. The largest absolute Gasteiger partial charge is 0.504 e. The molecule has 1 fully saturated rings. The van der Waals surface area contributed by atoms with Gasteiger partial charge in [0.15, 0.2) is 5.75 Å². The van der Waals surface area contributed by atoms with Gasteiger partial charge in [0.2, 0.25) is 0 Å². The van der Waals surface area contributed by atoms with E-state index >= 15 is 0 Å². The summed E-state index contributed by atoms with van der Waals surface area (Å²) in [6, 6.07) is 9.96. The van der Waals surface area contributed by atoms with Crippen molar-refractivity contribution in [3.8, 4) is 17.1 Å². The second-order valence-corrected chi connectivity index (χ2v) is 8.50. The van der Waals surface area contributed by atoms with Gasteiger partial charge in [-0.15, -0.1) is 5.10 Å². The first kappa shape index (κ1) is 21.8. The molecule has 0 bridgehead atoms. The lowest BCUT2D eigenvalue weighted by Crippen LogP contribution is -2.47. The summed E-state index contributed by atoms with van der Waals surface area (Å²) < 4.78 is 14.9. The van der Waals surface area contributed by atoms with E-state index in [0.29, 0.717) is 23.4 Å². The molecule has 0 atom stereocenters. The second-order valence-electron chi connectivity index (χ2n) is 8.50. The first-order chi connectivity index (χ1) is 17.7. The highest BCUT2D eigenvalue weighted by Gasteiger charge is 2.25. The molecule has 5 aromatic rings. The van der Waals surface area contributed by atoms with E-state index in [4.69, 9.17) is 4.98 Å². The van der Waals surface area contributed by atoms with Crippen molar-refractivity contribution < 1.29 is 9.50 Å². The van der Waals surface area contributed by atoms with Crippen molar-refractivity contribution in [1.82, 2.24) is 34.9 Å². The predicted octanol–water partition coefficient (Wildman–Crippen LogP) is 2.90. The van der Waals surface area contributed by atoms with Gasteiger partial charge in [0, 0.05) is 50.2 Å². The number of nitrogens with zero attached hydrogens (tertiary/aromatic N) is 9. The van der Waals surface area contributed by atoms with Crippen LogP contribution in [0.2, 0.25) is 0 Å². The topological polar surface area (TPSA) is 109 Å². The van der Waals surface area contributed by atoms with E-state index in [9.17, 15) is 9.50 Å². The summed E-state index contributed by atoms with van der Waals surface area (Å²) in [6.45, 7) is 3.36. The van der Waals surface area contributed by atoms with Gasteiger partial charge in [0.25, 0.3) is 0 Å². The Balaban J connectivity index is 1.31. The normalized spacial score (nSPS) is 13.9. The van der Waals surface area contributed by atoms with Crippen LogP contribution in [-0.4, -0.2) is 66.2 Å². The Morgan fingerprint density at radius 3 is 2.50 bits per heavy atom. The van der Waals surface area contributed by atoms with Crippen LogP contribution >= 0.6 is 0 Å². The molecular weight excluding hydrogens is 461 g/mol. The van der Waals surface area contributed by atoms with Gasteiger partial charge in [-0.3, -0.25) is 9.97 Å². The van der Waals surface area contributed by atoms with Gasteiger partial charge >= 0.3 is 0 Å². The van der Waals surface area contributed by atoms with E-state index in [1.165, 1.54) is 12.1 Å². The van der Waals surface area contributed by atoms with E-state index < -0.39 is 0 Å². The van der Waals surface area contributed by atoms with Crippen LogP contribution in [0.15, 0.2) is 67.4 Å². The standard InChI is InChI=1S/C25H22FN9O/c26-18-5-3-17(4-6-18)15-35-16-20(31-32-35)23-24(36)22-19(2-1-7-29-22)25(30-23)34-12-10-33(11-13-34)21-14-27-8-9-28-21/h1-9,14,16,36H,10-13,15H2. The highest BCUT2D eigenvalue weighted by atomic mass is 19.1. The van der Waals surface area contributed by atoms with Crippen molar-refractivity contribution in [2.45, 2.75) is 6.54 Å². The van der Waals surface area contributed by atoms with Crippen LogP contribution in [0.3, 0.4) is 0 Å². The van der Waals surface area contributed by atoms with Crippen molar-refractivity contribution in [2.24, 2.45) is 0 Å². The smallest absolute Gasteiger partial charge is 0.170 e. The number of piperazine rings is 1. The summed E-state index contributed by atoms with van der Waals surface area (Å²) in [5.41, 5.74) is 2.09. The van der Waals surface area contributed by atoms with Crippen LogP contribution < -0.4 is 9.80 Å². The molecule has 1 N–H and O–H groups in total. The van der Waals surface area contributed by atoms with Gasteiger partial charge in [0.1, 0.15) is 34.4 Å². The Morgan fingerprint density at radius 2 is 1.72 bits per heavy atom. The summed E-state index contributed by atoms with van der Waals surface area (Å²) >= 11 is 0. The third-order valence-electron chi connectivity index (χ3n) is 6.21. The number of fused-ring (bicyclic) bond motifs is 1. The monoisotopic (exact) mass is 483 g/mol. The summed E-state index contributed by atoms with van der Waals surface area (Å²) in [7, 11) is 0. The molecule has 0 amide bonds. The van der Waals surface area contributed by atoms with E-state index in [2.05, 4.69) is 35.1 Å². The zero-order chi connectivity index (χ0) is 24.5. The lowest BCUT2D eigenvalue weighted by Gasteiger charge is -2.36. The van der Waals surface area contributed by atoms with Crippen molar-refractivity contribution >= 4 is 22.5 Å². The van der Waals surface area contributed by atoms with E-state index in [1.54, 1.807) is 47.8 Å². The molecule has 0 saturated carbocycles. The number of aromatic nitrogens is 7. The maximum absolute atomic E-state index is 13.2. The molecule has 0 spiro atoms. The maximum atomic E-state index is 13.2. The maximum Gasteiger partial charge on any atom is 0.170 e. The second kappa shape index (κ2) is 9.17. The van der Waals surface area contributed by atoms with Crippen LogP contribution in [0.1, 0.15) is 5.56 Å². The number of hydrogen-bond acceptors (Lipinski definition) is 9. The van der Waals surface area contributed by atoms with Crippen LogP contribution in [0.4, 0.5) is 16.0 Å². The fourth-order valence-corrected chi connectivity index (χ4v) is 4.39. The van der Waals surface area contributed by atoms with Crippen LogP contribution in [0.5, 0.6) is 5.75 Å². The molecule has 5 heterocycles. The molecule has 180 valence electrons. The summed E-state index contributed by atoms with van der Waals surface area (Å²) in [5, 5.41) is 20.3. The molecular formula is C25H22FN9O. The number of pyridine rings is 2. The van der Waals surface area contributed by atoms with Crippen molar-refractivity contribution in [3.63, 3.8) is 0 Å². The molecule has 6 rings (SSSR count). The zero-order valence-corrected chi connectivity index (χ0v) is 19.2. The minimum atomic E-state index is -0.291. The Labute approximate surface area is 205 Å². The quantitative estimate of drug-likeness (QED) is 0.404. The number of anilines is 2. The Bertz CT molecular complexity index is 1500. The molecule has 10 nitrogen and oxygen atoms in total. The SMILES string of the molecule is Oc1c(-c2cn(Cc3ccc(F)cc3)nn2)nc(N2CCN(c3cnccn3)CC2)c2cccnc12. The molecule has 0 unspecified atom stereocenters. The van der Waals surface area contributed by atoms with Crippen molar-refractivity contribution in [1.29, 1.82) is 0 Å². The van der Waals surface area contributed by atoms with Gasteiger partial charge in [0.05, 0.1) is 18.9 Å². The molecule has 1 aromatic carbocycles. The van der Waals surface area contributed by atoms with Gasteiger partial charge in [-0.1, -0.05) is 17.3 Å². The molecule has 1 saturated heterocycles. The molecule has 4 aromatic heterocycles. The van der Waals surface area contributed by atoms with Crippen LogP contribution in [-0.2, 0) is 6.54 Å². The fourth-order valence-electron chi connectivity index (χ4n) is 4.39. The van der Waals surface area contributed by atoms with Gasteiger partial charge in [-0.25, -0.2) is 19.0 Å². The fraction of sp³-hybridized carbons (Fsp3) is 0.200. The van der Waals surface area contributed by atoms with Crippen molar-refractivity contribution in [2.75, 3.05) is 36.0 Å². The van der Waals surface area contributed by atoms with Gasteiger partial charge in [-0.2, -0.15) is 0 Å². The highest BCUT2D eigenvalue weighted by Crippen LogP contribution is 2.37. The van der Waals surface area contributed by atoms with Crippen molar-refractivity contribution in [3.05, 3.63) is 78.8 Å².